The lowest BCUT2D eigenvalue weighted by Gasteiger charge is -2.20. The van der Waals surface area contributed by atoms with Gasteiger partial charge in [-0.3, -0.25) is 9.59 Å². The van der Waals surface area contributed by atoms with Crippen molar-refractivity contribution in [1.82, 2.24) is 0 Å². The molecule has 0 aliphatic carbocycles. The van der Waals surface area contributed by atoms with Crippen LogP contribution in [0.5, 0.6) is 0 Å². The summed E-state index contributed by atoms with van der Waals surface area (Å²) in [5.41, 5.74) is 1.46. The number of carbonyl (C=O) groups excluding carboxylic acids is 1. The Kier molecular flexibility index (Phi) is 4.50. The van der Waals surface area contributed by atoms with E-state index in [2.05, 4.69) is 0 Å². The molecule has 0 atom stereocenters. The Hall–Kier alpha value is -2.62. The molecule has 102 valence electrons. The highest BCUT2D eigenvalue weighted by molar-refractivity contribution is 5.98. The summed E-state index contributed by atoms with van der Waals surface area (Å²) in [5, 5.41) is 8.97. The third kappa shape index (κ3) is 3.68. The van der Waals surface area contributed by atoms with Crippen molar-refractivity contribution in [3.63, 3.8) is 0 Å². The number of anilines is 1. The minimum Gasteiger partial charge on any atom is -0.480 e. The molecule has 0 spiro atoms. The summed E-state index contributed by atoms with van der Waals surface area (Å²) < 4.78 is 0. The Morgan fingerprint density at radius 2 is 1.45 bits per heavy atom. The Balaban J connectivity index is 2.18. The maximum absolute atomic E-state index is 12.3. The quantitative estimate of drug-likeness (QED) is 0.906. The fraction of sp³-hybridized carbons (Fsp3) is 0.125. The van der Waals surface area contributed by atoms with Crippen LogP contribution in [0.15, 0.2) is 60.7 Å². The summed E-state index contributed by atoms with van der Waals surface area (Å²) in [6, 6.07) is 18.1. The highest BCUT2D eigenvalue weighted by Crippen LogP contribution is 2.15. The van der Waals surface area contributed by atoms with E-state index in [1.54, 1.807) is 24.3 Å². The van der Waals surface area contributed by atoms with Crippen molar-refractivity contribution in [3.05, 3.63) is 66.2 Å². The van der Waals surface area contributed by atoms with Gasteiger partial charge in [0, 0.05) is 5.69 Å². The monoisotopic (exact) mass is 269 g/mol. The number of carboxylic acid groups (broad SMARTS) is 1. The summed E-state index contributed by atoms with van der Waals surface area (Å²) in [6.07, 6.45) is 0.184. The lowest BCUT2D eigenvalue weighted by atomic mass is 10.1. The van der Waals surface area contributed by atoms with Gasteiger partial charge in [0.25, 0.3) is 0 Å². The van der Waals surface area contributed by atoms with E-state index >= 15 is 0 Å². The summed E-state index contributed by atoms with van der Waals surface area (Å²) in [5.74, 6) is -1.26. The van der Waals surface area contributed by atoms with Crippen LogP contribution < -0.4 is 4.90 Å². The van der Waals surface area contributed by atoms with E-state index in [1.165, 1.54) is 4.90 Å². The van der Waals surface area contributed by atoms with E-state index in [-0.39, 0.29) is 18.9 Å². The number of para-hydroxylation sites is 1. The molecule has 0 bridgehead atoms. The van der Waals surface area contributed by atoms with Gasteiger partial charge in [-0.05, 0) is 17.7 Å². The molecule has 2 rings (SSSR count). The van der Waals surface area contributed by atoms with E-state index in [9.17, 15) is 9.59 Å². The standard InChI is InChI=1S/C16H15NO3/c18-15(11-13-7-3-1-4-8-13)17(12-16(19)20)14-9-5-2-6-10-14/h1-10H,11-12H2,(H,19,20). The number of nitrogens with zero attached hydrogens (tertiary/aromatic N) is 1. The Morgan fingerprint density at radius 3 is 2.00 bits per heavy atom. The second-order valence-electron chi connectivity index (χ2n) is 4.37. The zero-order valence-corrected chi connectivity index (χ0v) is 10.9. The fourth-order valence-electron chi connectivity index (χ4n) is 1.93. The molecule has 1 amide bonds. The Bertz CT molecular complexity index is 581. The molecule has 4 heteroatoms. The van der Waals surface area contributed by atoms with Crippen molar-refractivity contribution in [2.75, 3.05) is 11.4 Å². The highest BCUT2D eigenvalue weighted by atomic mass is 16.4. The summed E-state index contributed by atoms with van der Waals surface area (Å²) in [7, 11) is 0. The largest absolute Gasteiger partial charge is 0.480 e. The summed E-state index contributed by atoms with van der Waals surface area (Å²) in [4.78, 5) is 24.5. The van der Waals surface area contributed by atoms with Crippen LogP contribution in [0.3, 0.4) is 0 Å². The molecule has 0 fully saturated rings. The predicted molar refractivity (Wildman–Crippen MR) is 76.6 cm³/mol. The molecule has 4 nitrogen and oxygen atoms in total. The molecule has 0 aromatic heterocycles. The van der Waals surface area contributed by atoms with E-state index in [0.29, 0.717) is 5.69 Å². The number of carbonyl (C=O) groups is 2. The normalized spacial score (nSPS) is 10.0. The van der Waals surface area contributed by atoms with Gasteiger partial charge in [-0.1, -0.05) is 48.5 Å². The maximum atomic E-state index is 12.3. The number of benzene rings is 2. The average Bonchev–Trinajstić information content (AvgIpc) is 2.46. The second kappa shape index (κ2) is 6.52. The Labute approximate surface area is 117 Å². The van der Waals surface area contributed by atoms with Crippen molar-refractivity contribution in [1.29, 1.82) is 0 Å². The van der Waals surface area contributed by atoms with Crippen molar-refractivity contribution in [3.8, 4) is 0 Å². The minimum absolute atomic E-state index is 0.184. The highest BCUT2D eigenvalue weighted by Gasteiger charge is 2.18. The number of carboxylic acids is 1. The van der Waals surface area contributed by atoms with Gasteiger partial charge < -0.3 is 10.0 Å². The molecular formula is C16H15NO3. The third-order valence-electron chi connectivity index (χ3n) is 2.86. The molecule has 0 heterocycles. The van der Waals surface area contributed by atoms with Gasteiger partial charge >= 0.3 is 5.97 Å². The van der Waals surface area contributed by atoms with E-state index in [4.69, 9.17) is 5.11 Å². The first kappa shape index (κ1) is 13.8. The second-order valence-corrected chi connectivity index (χ2v) is 4.37. The van der Waals surface area contributed by atoms with Gasteiger partial charge in [-0.25, -0.2) is 0 Å². The molecule has 2 aromatic rings. The molecular weight excluding hydrogens is 254 g/mol. The fourth-order valence-corrected chi connectivity index (χ4v) is 1.93. The van der Waals surface area contributed by atoms with Crippen LogP contribution in [0.25, 0.3) is 0 Å². The average molecular weight is 269 g/mol. The van der Waals surface area contributed by atoms with Crippen molar-refractivity contribution < 1.29 is 14.7 Å². The number of hydrogen-bond donors (Lipinski definition) is 1. The van der Waals surface area contributed by atoms with Crippen molar-refractivity contribution in [2.24, 2.45) is 0 Å². The summed E-state index contributed by atoms with van der Waals surface area (Å²) >= 11 is 0. The van der Waals surface area contributed by atoms with Crippen LogP contribution in [0, 0.1) is 0 Å². The van der Waals surface area contributed by atoms with Crippen LogP contribution in [-0.4, -0.2) is 23.5 Å². The first-order chi connectivity index (χ1) is 9.66. The third-order valence-corrected chi connectivity index (χ3v) is 2.86. The van der Waals surface area contributed by atoms with E-state index < -0.39 is 5.97 Å². The molecule has 1 N–H and O–H groups in total. The van der Waals surface area contributed by atoms with Crippen LogP contribution in [-0.2, 0) is 16.0 Å². The van der Waals surface area contributed by atoms with Gasteiger partial charge in [-0.2, -0.15) is 0 Å². The summed E-state index contributed by atoms with van der Waals surface area (Å²) in [6.45, 7) is -0.338. The Morgan fingerprint density at radius 1 is 0.900 bits per heavy atom. The van der Waals surface area contributed by atoms with Gasteiger partial charge in [-0.15, -0.1) is 0 Å². The molecule has 0 aliphatic rings. The molecule has 0 radical (unpaired) electrons. The van der Waals surface area contributed by atoms with E-state index in [0.717, 1.165) is 5.56 Å². The SMILES string of the molecule is O=C(O)CN(C(=O)Cc1ccccc1)c1ccccc1. The van der Waals surface area contributed by atoms with Crippen LogP contribution in [0.1, 0.15) is 5.56 Å². The zero-order chi connectivity index (χ0) is 14.4. The number of amides is 1. The lowest BCUT2D eigenvalue weighted by Crippen LogP contribution is -2.36. The molecule has 0 aliphatic heterocycles. The number of hydrogen-bond acceptors (Lipinski definition) is 2. The predicted octanol–water partition coefficient (Wildman–Crippen LogP) is 2.35. The van der Waals surface area contributed by atoms with Crippen LogP contribution in [0.2, 0.25) is 0 Å². The molecule has 0 saturated heterocycles. The van der Waals surface area contributed by atoms with Crippen molar-refractivity contribution in [2.45, 2.75) is 6.42 Å². The minimum atomic E-state index is -1.03. The first-order valence-electron chi connectivity index (χ1n) is 6.28. The first-order valence-corrected chi connectivity index (χ1v) is 6.28. The molecule has 2 aromatic carbocycles. The van der Waals surface area contributed by atoms with Gasteiger partial charge in [0.1, 0.15) is 6.54 Å². The lowest BCUT2D eigenvalue weighted by molar-refractivity contribution is -0.136. The number of aliphatic carboxylic acids is 1. The van der Waals surface area contributed by atoms with Crippen molar-refractivity contribution >= 4 is 17.6 Å². The smallest absolute Gasteiger partial charge is 0.323 e. The molecule has 20 heavy (non-hydrogen) atoms. The molecule has 0 saturated carbocycles. The van der Waals surface area contributed by atoms with E-state index in [1.807, 2.05) is 36.4 Å². The van der Waals surface area contributed by atoms with Gasteiger partial charge in [0.05, 0.1) is 6.42 Å². The topological polar surface area (TPSA) is 57.6 Å². The maximum Gasteiger partial charge on any atom is 0.323 e. The van der Waals surface area contributed by atoms with Crippen LogP contribution >= 0.6 is 0 Å². The van der Waals surface area contributed by atoms with Crippen LogP contribution in [0.4, 0.5) is 5.69 Å². The van der Waals surface area contributed by atoms with Gasteiger partial charge in [0.2, 0.25) is 5.91 Å². The van der Waals surface area contributed by atoms with Gasteiger partial charge in [0.15, 0.2) is 0 Å². The molecule has 0 unspecified atom stereocenters. The zero-order valence-electron chi connectivity index (χ0n) is 10.9. The number of rotatable bonds is 5.